The van der Waals surface area contributed by atoms with Crippen molar-refractivity contribution in [1.82, 2.24) is 9.55 Å². The van der Waals surface area contributed by atoms with E-state index < -0.39 is 40.0 Å². The first kappa shape index (κ1) is 28.3. The Balaban J connectivity index is 1.44. The van der Waals surface area contributed by atoms with Gasteiger partial charge in [-0.05, 0) is 47.9 Å². The number of nitrogens with zero attached hydrogens (tertiary/aromatic N) is 1. The van der Waals surface area contributed by atoms with E-state index >= 15 is 0 Å². The van der Waals surface area contributed by atoms with Crippen LogP contribution in [-0.2, 0) is 14.2 Å². The molecule has 2 bridgehead atoms. The Labute approximate surface area is 247 Å². The van der Waals surface area contributed by atoms with Gasteiger partial charge in [0.1, 0.15) is 29.3 Å². The second kappa shape index (κ2) is 11.1. The van der Waals surface area contributed by atoms with Gasteiger partial charge < -0.3 is 24.1 Å². The number of fused-ring (bicyclic) bond motifs is 2. The minimum atomic E-state index is -1.09. The smallest absolute Gasteiger partial charge is 0.330 e. The third kappa shape index (κ3) is 4.64. The second-order valence-corrected chi connectivity index (χ2v) is 11.8. The molecule has 42 heavy (non-hydrogen) atoms. The van der Waals surface area contributed by atoms with Gasteiger partial charge in [-0.3, -0.25) is 14.3 Å². The zero-order chi connectivity index (χ0) is 29.5. The van der Waals surface area contributed by atoms with Gasteiger partial charge in [-0.1, -0.05) is 54.6 Å². The predicted molar refractivity (Wildman–Crippen MR) is 159 cm³/mol. The molecule has 2 saturated heterocycles. The van der Waals surface area contributed by atoms with Crippen molar-refractivity contribution in [1.29, 1.82) is 0 Å². The first-order chi connectivity index (χ1) is 20.3. The maximum atomic E-state index is 12.7. The molecule has 2 N–H and O–H groups in total. The second-order valence-electron chi connectivity index (χ2n) is 10.6. The van der Waals surface area contributed by atoms with Crippen LogP contribution in [0.5, 0.6) is 11.5 Å². The topological polar surface area (TPSA) is 112 Å². The van der Waals surface area contributed by atoms with Crippen LogP contribution in [0.15, 0.2) is 94.6 Å². The zero-order valence-electron chi connectivity index (χ0n) is 23.5. The molecule has 1 aromatic heterocycles. The van der Waals surface area contributed by atoms with E-state index in [1.54, 1.807) is 32.9 Å². The van der Waals surface area contributed by atoms with Gasteiger partial charge in [0, 0.05) is 17.5 Å². The number of aromatic nitrogens is 2. The van der Waals surface area contributed by atoms with Gasteiger partial charge in [-0.15, -0.1) is 11.8 Å². The molecule has 3 aromatic carbocycles. The van der Waals surface area contributed by atoms with Crippen LogP contribution in [0.2, 0.25) is 0 Å². The Kier molecular flexibility index (Phi) is 7.48. The number of aliphatic hydroxyl groups is 1. The van der Waals surface area contributed by atoms with E-state index in [9.17, 15) is 14.7 Å². The van der Waals surface area contributed by atoms with E-state index in [1.807, 2.05) is 66.7 Å². The van der Waals surface area contributed by atoms with E-state index in [2.05, 4.69) is 17.1 Å². The maximum absolute atomic E-state index is 12.7. The summed E-state index contributed by atoms with van der Waals surface area (Å²) < 4.78 is 24.0. The number of methoxy groups -OCH3 is 2. The minimum absolute atomic E-state index is 0.162. The van der Waals surface area contributed by atoms with Crippen molar-refractivity contribution in [2.24, 2.45) is 0 Å². The first-order valence-corrected chi connectivity index (χ1v) is 14.6. The van der Waals surface area contributed by atoms with Crippen molar-refractivity contribution in [2.75, 3.05) is 26.6 Å². The quantitative estimate of drug-likeness (QED) is 0.285. The number of benzene rings is 3. The van der Waals surface area contributed by atoms with Gasteiger partial charge in [-0.25, -0.2) is 4.79 Å². The SMILES string of the molecule is COc1ccc(C(SCC23COC(C(n4cc(C)c(=O)[nH]c4=O)O2)C3O)(c2ccccc2)c2ccc(OC)cc2)cc1. The Morgan fingerprint density at radius 3 is 2.10 bits per heavy atom. The van der Waals surface area contributed by atoms with Gasteiger partial charge in [0.05, 0.1) is 25.6 Å². The summed E-state index contributed by atoms with van der Waals surface area (Å²) in [7, 11) is 3.27. The van der Waals surface area contributed by atoms with Crippen LogP contribution in [-0.4, -0.2) is 59.0 Å². The Morgan fingerprint density at radius 1 is 0.952 bits per heavy atom. The van der Waals surface area contributed by atoms with Crippen LogP contribution in [0.3, 0.4) is 0 Å². The number of thioether (sulfide) groups is 1. The summed E-state index contributed by atoms with van der Waals surface area (Å²) in [6, 6.07) is 26.1. The number of nitrogens with one attached hydrogen (secondary N) is 1. The third-order valence-electron chi connectivity index (χ3n) is 8.13. The van der Waals surface area contributed by atoms with Crippen molar-refractivity contribution in [3.8, 4) is 11.5 Å². The molecular formula is C32H32N2O7S. The van der Waals surface area contributed by atoms with Crippen molar-refractivity contribution in [3.63, 3.8) is 0 Å². The molecule has 0 aliphatic carbocycles. The summed E-state index contributed by atoms with van der Waals surface area (Å²) in [5.74, 6) is 1.82. The van der Waals surface area contributed by atoms with Gasteiger partial charge in [0.15, 0.2) is 6.23 Å². The number of hydrogen-bond acceptors (Lipinski definition) is 8. The van der Waals surface area contributed by atoms with E-state index in [0.717, 1.165) is 28.2 Å². The fourth-order valence-electron chi connectivity index (χ4n) is 5.82. The van der Waals surface area contributed by atoms with Gasteiger partial charge in [0.2, 0.25) is 0 Å². The number of aliphatic hydroxyl groups excluding tert-OH is 1. The highest BCUT2D eigenvalue weighted by molar-refractivity contribution is 8.00. The summed E-state index contributed by atoms with van der Waals surface area (Å²) in [4.78, 5) is 27.0. The fraction of sp³-hybridized carbons (Fsp3) is 0.312. The zero-order valence-corrected chi connectivity index (χ0v) is 24.3. The molecule has 0 amide bonds. The standard InChI is InChI=1S/C32H32N2O7S/c1-20-17-34(30(37)33-28(20)36)29-26-27(35)31(41-29,18-40-26)19-42-32(21-7-5-4-6-8-21,22-9-13-24(38-2)14-10-22)23-11-15-25(39-3)16-12-23/h4-17,26-27,29,35H,18-19H2,1-3H3,(H,33,36,37). The molecule has 4 unspecified atom stereocenters. The van der Waals surface area contributed by atoms with Crippen LogP contribution >= 0.6 is 11.8 Å². The summed E-state index contributed by atoms with van der Waals surface area (Å²) in [6.07, 6.45) is -1.19. The molecule has 0 radical (unpaired) electrons. The summed E-state index contributed by atoms with van der Waals surface area (Å²) in [5.41, 5.74) is 1.24. The molecule has 3 heterocycles. The van der Waals surface area contributed by atoms with Crippen molar-refractivity contribution < 1.29 is 24.1 Å². The fourth-order valence-corrected chi connectivity index (χ4v) is 7.51. The lowest BCUT2D eigenvalue weighted by Gasteiger charge is -2.39. The minimum Gasteiger partial charge on any atom is -0.497 e. The molecule has 0 spiro atoms. The molecule has 2 aliphatic rings. The van der Waals surface area contributed by atoms with Gasteiger partial charge in [0.25, 0.3) is 5.56 Å². The molecule has 10 heteroatoms. The highest BCUT2D eigenvalue weighted by Gasteiger charge is 2.62. The molecule has 6 rings (SSSR count). The van der Waals surface area contributed by atoms with Crippen LogP contribution in [0, 0.1) is 6.92 Å². The Morgan fingerprint density at radius 2 is 1.52 bits per heavy atom. The lowest BCUT2D eigenvalue weighted by Crippen LogP contribution is -2.45. The average molecular weight is 589 g/mol. The van der Waals surface area contributed by atoms with E-state index in [4.69, 9.17) is 18.9 Å². The molecule has 4 aromatic rings. The van der Waals surface area contributed by atoms with Gasteiger partial charge in [-0.2, -0.15) is 0 Å². The molecule has 2 aliphatic heterocycles. The number of rotatable bonds is 9. The highest BCUT2D eigenvalue weighted by Crippen LogP contribution is 2.53. The highest BCUT2D eigenvalue weighted by atomic mass is 32.2. The van der Waals surface area contributed by atoms with Crippen molar-refractivity contribution in [3.05, 3.63) is 128 Å². The Bertz CT molecular complexity index is 1620. The summed E-state index contributed by atoms with van der Waals surface area (Å²) >= 11 is 1.62. The molecule has 218 valence electrons. The molecule has 0 saturated carbocycles. The van der Waals surface area contributed by atoms with E-state index in [1.165, 1.54) is 10.8 Å². The lowest BCUT2D eigenvalue weighted by atomic mass is 9.84. The van der Waals surface area contributed by atoms with Crippen LogP contribution in [0.4, 0.5) is 0 Å². The number of aromatic amines is 1. The van der Waals surface area contributed by atoms with E-state index in [-0.39, 0.29) is 6.61 Å². The third-order valence-corrected chi connectivity index (χ3v) is 9.91. The Hall–Kier alpha value is -3.83. The maximum Gasteiger partial charge on any atom is 0.330 e. The van der Waals surface area contributed by atoms with Crippen LogP contribution in [0.1, 0.15) is 28.5 Å². The van der Waals surface area contributed by atoms with Crippen LogP contribution in [0.25, 0.3) is 0 Å². The number of ether oxygens (including phenoxy) is 4. The first-order valence-electron chi connectivity index (χ1n) is 13.6. The monoisotopic (exact) mass is 588 g/mol. The molecule has 2 fully saturated rings. The lowest BCUT2D eigenvalue weighted by molar-refractivity contribution is -0.165. The molecular weight excluding hydrogens is 556 g/mol. The average Bonchev–Trinajstić information content (AvgIpc) is 3.49. The van der Waals surface area contributed by atoms with E-state index in [0.29, 0.717) is 11.3 Å². The normalized spacial score (nSPS) is 23.2. The summed E-state index contributed by atoms with van der Waals surface area (Å²) in [5, 5.41) is 11.5. The summed E-state index contributed by atoms with van der Waals surface area (Å²) in [6.45, 7) is 1.78. The predicted octanol–water partition coefficient (Wildman–Crippen LogP) is 3.61. The number of hydrogen-bond donors (Lipinski definition) is 2. The molecule has 4 atom stereocenters. The van der Waals surface area contributed by atoms with Crippen LogP contribution < -0.4 is 20.7 Å². The van der Waals surface area contributed by atoms with Gasteiger partial charge >= 0.3 is 5.69 Å². The molecule has 9 nitrogen and oxygen atoms in total. The van der Waals surface area contributed by atoms with Crippen molar-refractivity contribution in [2.45, 2.75) is 35.7 Å². The number of aryl methyl sites for hydroxylation is 1. The largest absolute Gasteiger partial charge is 0.497 e. The van der Waals surface area contributed by atoms with Crippen molar-refractivity contribution >= 4 is 11.8 Å². The number of H-pyrrole nitrogens is 1.